The van der Waals surface area contributed by atoms with Crippen LogP contribution >= 0.6 is 0 Å². The number of halogens is 3. The third kappa shape index (κ3) is 4.32. The predicted octanol–water partition coefficient (Wildman–Crippen LogP) is 4.15. The van der Waals surface area contributed by atoms with Crippen molar-refractivity contribution in [2.45, 2.75) is 56.7 Å². The van der Waals surface area contributed by atoms with Crippen molar-refractivity contribution in [1.29, 1.82) is 0 Å². The fourth-order valence-electron chi connectivity index (χ4n) is 4.36. The van der Waals surface area contributed by atoms with Crippen molar-refractivity contribution in [3.63, 3.8) is 0 Å². The highest BCUT2D eigenvalue weighted by Gasteiger charge is 2.45. The quantitative estimate of drug-likeness (QED) is 0.598. The molecule has 1 saturated carbocycles. The van der Waals surface area contributed by atoms with Crippen LogP contribution in [-0.2, 0) is 9.59 Å². The first-order valence-corrected chi connectivity index (χ1v) is 10.2. The van der Waals surface area contributed by atoms with E-state index >= 15 is 0 Å². The third-order valence-electron chi connectivity index (χ3n) is 5.66. The Morgan fingerprint density at radius 3 is 2.50 bits per heavy atom. The number of hydrogen-bond acceptors (Lipinski definition) is 7. The number of carbonyl (C=O) groups excluding carboxylic acids is 1. The highest BCUT2D eigenvalue weighted by atomic mass is 19.4. The summed E-state index contributed by atoms with van der Waals surface area (Å²) in [6.07, 6.45) is 1.48. The van der Waals surface area contributed by atoms with Crippen LogP contribution in [0.4, 0.5) is 19.2 Å². The monoisotopic (exact) mass is 450 g/mol. The highest BCUT2D eigenvalue weighted by Crippen LogP contribution is 2.45. The van der Waals surface area contributed by atoms with Gasteiger partial charge in [-0.1, -0.05) is 25.0 Å². The van der Waals surface area contributed by atoms with Gasteiger partial charge in [0, 0.05) is 17.7 Å². The molecule has 1 spiro atoms. The summed E-state index contributed by atoms with van der Waals surface area (Å²) in [4.78, 5) is 30.8. The van der Waals surface area contributed by atoms with Gasteiger partial charge in [0.2, 0.25) is 5.96 Å². The maximum absolute atomic E-state index is 12.6. The molecule has 0 unspecified atom stereocenters. The molecule has 11 heteroatoms. The van der Waals surface area contributed by atoms with E-state index in [1.54, 1.807) is 0 Å². The number of carboxylic acids is 1. The molecular formula is C21H21F3N4O4. The number of carboxylic acid groups (broad SMARTS) is 1. The van der Waals surface area contributed by atoms with Gasteiger partial charge in [0.15, 0.2) is 11.4 Å². The molecule has 170 valence electrons. The Kier molecular flexibility index (Phi) is 5.66. The number of alkyl halides is 3. The van der Waals surface area contributed by atoms with Crippen molar-refractivity contribution >= 4 is 34.8 Å². The average Bonchev–Trinajstić information content (AvgIpc) is 3.34. The van der Waals surface area contributed by atoms with E-state index in [-0.39, 0.29) is 11.3 Å². The number of ketones is 1. The number of anilines is 1. The number of hydrogen-bond donors (Lipinski definition) is 3. The summed E-state index contributed by atoms with van der Waals surface area (Å²) in [7, 11) is 0. The summed E-state index contributed by atoms with van der Waals surface area (Å²) in [6.45, 7) is 0. The Morgan fingerprint density at radius 1 is 1.16 bits per heavy atom. The van der Waals surface area contributed by atoms with Crippen LogP contribution in [0.25, 0.3) is 11.1 Å². The van der Waals surface area contributed by atoms with E-state index in [2.05, 4.69) is 15.6 Å². The maximum atomic E-state index is 12.6. The first-order valence-electron chi connectivity index (χ1n) is 10.2. The molecule has 2 aromatic rings. The number of oxazole rings is 1. The summed E-state index contributed by atoms with van der Waals surface area (Å²) in [6, 6.07) is 8.09. The molecule has 1 aromatic carbocycles. The van der Waals surface area contributed by atoms with Crippen LogP contribution in [0.2, 0.25) is 0 Å². The maximum Gasteiger partial charge on any atom is 0.490 e. The molecule has 0 radical (unpaired) electrons. The molecule has 1 aliphatic heterocycles. The molecule has 0 atom stereocenters. The van der Waals surface area contributed by atoms with Crippen LogP contribution in [0, 0.1) is 0 Å². The topological polar surface area (TPSA) is 117 Å². The fourth-order valence-corrected chi connectivity index (χ4v) is 4.36. The van der Waals surface area contributed by atoms with Crippen molar-refractivity contribution in [3.8, 4) is 0 Å². The number of nitrogens with one attached hydrogen (secondary N) is 2. The van der Waals surface area contributed by atoms with Gasteiger partial charge in [-0.2, -0.15) is 18.2 Å². The molecule has 3 aliphatic rings. The number of fused-ring (bicyclic) bond motifs is 2. The number of nitrogens with zero attached hydrogens (tertiary/aromatic N) is 2. The van der Waals surface area contributed by atoms with Gasteiger partial charge in [0.25, 0.3) is 0 Å². The molecule has 8 nitrogen and oxygen atoms in total. The molecule has 0 amide bonds. The predicted molar refractivity (Wildman–Crippen MR) is 109 cm³/mol. The lowest BCUT2D eigenvalue weighted by Gasteiger charge is -2.37. The minimum absolute atomic E-state index is 0.264. The molecular weight excluding hydrogens is 429 g/mol. The van der Waals surface area contributed by atoms with Crippen molar-refractivity contribution < 1.29 is 32.3 Å². The summed E-state index contributed by atoms with van der Waals surface area (Å²) < 4.78 is 37.5. The minimum Gasteiger partial charge on any atom is -0.475 e. The zero-order valence-electron chi connectivity index (χ0n) is 17.0. The molecule has 2 aliphatic carbocycles. The number of carbonyl (C=O) groups is 2. The van der Waals surface area contributed by atoms with Gasteiger partial charge in [0.05, 0.1) is 5.54 Å². The van der Waals surface area contributed by atoms with E-state index < -0.39 is 12.1 Å². The van der Waals surface area contributed by atoms with Gasteiger partial charge in [0.1, 0.15) is 5.52 Å². The largest absolute Gasteiger partial charge is 0.490 e. The molecule has 1 aromatic heterocycles. The van der Waals surface area contributed by atoms with Gasteiger partial charge >= 0.3 is 18.2 Å². The number of benzene rings is 1. The van der Waals surface area contributed by atoms with Gasteiger partial charge in [-0.15, -0.1) is 0 Å². The zero-order valence-corrected chi connectivity index (χ0v) is 17.0. The number of aromatic nitrogens is 1. The summed E-state index contributed by atoms with van der Waals surface area (Å²) >= 11 is 0. The second kappa shape index (κ2) is 8.29. The Balaban J connectivity index is 0.000000307. The normalized spacial score (nSPS) is 19.7. The lowest BCUT2D eigenvalue weighted by atomic mass is 9.78. The number of rotatable bonds is 1. The number of Topliss-reactive ketones (excluding diaryl/α,β-unsaturated/α-hetero) is 1. The second-order valence-electron chi connectivity index (χ2n) is 7.87. The van der Waals surface area contributed by atoms with Crippen LogP contribution in [0.5, 0.6) is 0 Å². The van der Waals surface area contributed by atoms with Crippen LogP contribution in [0.15, 0.2) is 44.9 Å². The first kappa shape index (κ1) is 21.8. The number of guanidine groups is 1. The van der Waals surface area contributed by atoms with Gasteiger partial charge < -0.3 is 14.8 Å². The molecule has 32 heavy (non-hydrogen) atoms. The molecule has 0 bridgehead atoms. The number of aliphatic imine (C=N–C) groups is 1. The van der Waals surface area contributed by atoms with Crippen LogP contribution in [0.3, 0.4) is 0 Å². The minimum atomic E-state index is -5.08. The smallest absolute Gasteiger partial charge is 0.475 e. The Labute approximate surface area is 180 Å². The fraction of sp³-hybridized carbons (Fsp3) is 0.429. The number of allylic oxidation sites excluding steroid dienone is 1. The Hall–Kier alpha value is -3.37. The van der Waals surface area contributed by atoms with E-state index in [9.17, 15) is 18.0 Å². The first-order chi connectivity index (χ1) is 15.2. The molecule has 2 heterocycles. The van der Waals surface area contributed by atoms with Gasteiger partial charge in [-0.05, 0) is 37.8 Å². The lowest BCUT2D eigenvalue weighted by molar-refractivity contribution is -0.192. The van der Waals surface area contributed by atoms with E-state index in [4.69, 9.17) is 19.3 Å². The summed E-state index contributed by atoms with van der Waals surface area (Å²) in [5.41, 5.74) is 3.16. The molecule has 3 N–H and O–H groups in total. The second-order valence-corrected chi connectivity index (χ2v) is 7.87. The highest BCUT2D eigenvalue weighted by molar-refractivity contribution is 6.04. The molecule has 5 rings (SSSR count). The van der Waals surface area contributed by atoms with Crippen molar-refractivity contribution in [1.82, 2.24) is 10.3 Å². The average molecular weight is 450 g/mol. The van der Waals surface area contributed by atoms with Crippen LogP contribution < -0.4 is 10.6 Å². The third-order valence-corrected chi connectivity index (χ3v) is 5.66. The molecule has 0 saturated heterocycles. The Morgan fingerprint density at radius 2 is 1.84 bits per heavy atom. The number of para-hydroxylation sites is 2. The van der Waals surface area contributed by atoms with E-state index in [0.717, 1.165) is 60.9 Å². The molecule has 1 fully saturated rings. The van der Waals surface area contributed by atoms with Crippen molar-refractivity contribution in [3.05, 3.63) is 35.5 Å². The van der Waals surface area contributed by atoms with Crippen molar-refractivity contribution in [2.75, 3.05) is 5.32 Å². The summed E-state index contributed by atoms with van der Waals surface area (Å²) in [5, 5.41) is 13.6. The van der Waals surface area contributed by atoms with Crippen LogP contribution in [0.1, 0.15) is 44.9 Å². The van der Waals surface area contributed by atoms with Gasteiger partial charge in [-0.25, -0.2) is 9.79 Å². The number of aliphatic carboxylic acids is 1. The van der Waals surface area contributed by atoms with Crippen molar-refractivity contribution in [2.24, 2.45) is 4.99 Å². The van der Waals surface area contributed by atoms with Gasteiger partial charge in [-0.3, -0.25) is 10.1 Å². The lowest BCUT2D eigenvalue weighted by Crippen LogP contribution is -2.46. The Bertz CT molecular complexity index is 1080. The standard InChI is InChI=1S/C19H20N4O2.C2HF3O2/c24-14-8-5-7-13-16(14)19(10-3-4-11-19)23-17(20-13)22-18-21-12-6-1-2-9-15(12)25-18;3-2(4,5)1(6)7/h1-2,6,9H,3-5,7-8,10-11H2,(H2,20,21,22,23);(H,6,7). The van der Waals surface area contributed by atoms with E-state index in [0.29, 0.717) is 18.4 Å². The summed E-state index contributed by atoms with van der Waals surface area (Å²) in [5.74, 6) is -1.85. The zero-order chi connectivity index (χ0) is 22.9. The van der Waals surface area contributed by atoms with E-state index in [1.165, 1.54) is 0 Å². The SMILES string of the molecule is O=C(O)C(F)(F)F.O=C1CCCC2=C1C1(CCCC1)N=C(Nc1nc3ccccc3o1)N2. The van der Waals surface area contributed by atoms with E-state index in [1.807, 2.05) is 24.3 Å². The van der Waals surface area contributed by atoms with Crippen LogP contribution in [-0.4, -0.2) is 39.5 Å².